The Labute approximate surface area is 165 Å². The number of fused-ring (bicyclic) bond motifs is 1. The van der Waals surface area contributed by atoms with Crippen LogP contribution in [0.15, 0.2) is 42.3 Å². The number of rotatable bonds is 7. The summed E-state index contributed by atoms with van der Waals surface area (Å²) in [5, 5.41) is 4.78. The Morgan fingerprint density at radius 1 is 1.38 bits per heavy atom. The molecule has 0 spiro atoms. The van der Waals surface area contributed by atoms with Crippen molar-refractivity contribution in [3.05, 3.63) is 58.3 Å². The van der Waals surface area contributed by atoms with E-state index in [9.17, 15) is 0 Å². The van der Waals surface area contributed by atoms with Gasteiger partial charge in [-0.2, -0.15) is 11.8 Å². The molecular weight excluding hydrogens is 358 g/mol. The molecule has 1 aromatic rings. The first-order valence-corrected chi connectivity index (χ1v) is 11.3. The van der Waals surface area contributed by atoms with Crippen LogP contribution >= 0.6 is 23.1 Å². The van der Waals surface area contributed by atoms with Gasteiger partial charge in [-0.25, -0.2) is 0 Å². The molecule has 0 amide bonds. The molecule has 2 heterocycles. The summed E-state index contributed by atoms with van der Waals surface area (Å²) in [5.74, 6) is 0.954. The number of thiophene rings is 1. The fraction of sp³-hybridized carbons (Fsp3) is 0.429. The van der Waals surface area contributed by atoms with Crippen LogP contribution in [0.4, 0.5) is 5.00 Å². The fourth-order valence-electron chi connectivity index (χ4n) is 3.54. The minimum atomic E-state index is 0.576. The highest BCUT2D eigenvalue weighted by molar-refractivity contribution is 7.99. The molecule has 0 atom stereocenters. The van der Waals surface area contributed by atoms with Gasteiger partial charge < -0.3 is 11.1 Å². The smallest absolute Gasteiger partial charge is 0.101 e. The van der Waals surface area contributed by atoms with Crippen molar-refractivity contribution in [2.45, 2.75) is 39.3 Å². The Bertz CT molecular complexity index is 783. The van der Waals surface area contributed by atoms with Crippen LogP contribution < -0.4 is 11.1 Å². The molecule has 26 heavy (non-hydrogen) atoms. The van der Waals surface area contributed by atoms with Crippen molar-refractivity contribution in [1.82, 2.24) is 4.90 Å². The summed E-state index contributed by atoms with van der Waals surface area (Å²) in [5.41, 5.74) is 12.9. The van der Waals surface area contributed by atoms with E-state index in [4.69, 9.17) is 5.73 Å². The van der Waals surface area contributed by atoms with E-state index >= 15 is 0 Å². The van der Waals surface area contributed by atoms with Gasteiger partial charge in [0.25, 0.3) is 0 Å². The lowest BCUT2D eigenvalue weighted by atomic mass is 9.98. The minimum absolute atomic E-state index is 0.576. The summed E-state index contributed by atoms with van der Waals surface area (Å²) < 4.78 is 0. The van der Waals surface area contributed by atoms with E-state index in [1.165, 1.54) is 32.2 Å². The predicted octanol–water partition coefficient (Wildman–Crippen LogP) is 4.99. The Kier molecular flexibility index (Phi) is 6.00. The third kappa shape index (κ3) is 3.95. The first kappa shape index (κ1) is 19.3. The van der Waals surface area contributed by atoms with Crippen LogP contribution in [0.5, 0.6) is 0 Å². The molecule has 0 unspecified atom stereocenters. The monoisotopic (exact) mass is 387 g/mol. The lowest BCUT2D eigenvalue weighted by Gasteiger charge is -2.30. The van der Waals surface area contributed by atoms with E-state index < -0.39 is 0 Å². The van der Waals surface area contributed by atoms with E-state index in [1.807, 2.05) is 29.2 Å². The van der Waals surface area contributed by atoms with Crippen LogP contribution in [0.25, 0.3) is 5.57 Å². The van der Waals surface area contributed by atoms with E-state index in [1.54, 1.807) is 0 Å². The molecule has 1 aliphatic carbocycles. The van der Waals surface area contributed by atoms with Gasteiger partial charge in [0.1, 0.15) is 5.00 Å². The maximum absolute atomic E-state index is 5.92. The van der Waals surface area contributed by atoms with Gasteiger partial charge in [-0.1, -0.05) is 19.2 Å². The Morgan fingerprint density at radius 2 is 2.15 bits per heavy atom. The average molecular weight is 388 g/mol. The normalized spacial score (nSPS) is 17.1. The third-order valence-corrected chi connectivity index (χ3v) is 6.80. The molecule has 0 saturated carbocycles. The zero-order valence-corrected chi connectivity index (χ0v) is 17.7. The fourth-order valence-corrected chi connectivity index (χ4v) is 5.38. The van der Waals surface area contributed by atoms with Gasteiger partial charge >= 0.3 is 0 Å². The van der Waals surface area contributed by atoms with Gasteiger partial charge in [-0.3, -0.25) is 4.90 Å². The molecule has 1 aromatic heterocycles. The van der Waals surface area contributed by atoms with E-state index in [-0.39, 0.29) is 0 Å². The first-order valence-electron chi connectivity index (χ1n) is 9.07. The van der Waals surface area contributed by atoms with Gasteiger partial charge in [-0.15, -0.1) is 11.3 Å². The lowest BCUT2D eigenvalue weighted by molar-refractivity contribution is 0.206. The molecule has 0 radical (unpaired) electrons. The second-order valence-electron chi connectivity index (χ2n) is 7.27. The predicted molar refractivity (Wildman–Crippen MR) is 119 cm³/mol. The zero-order chi connectivity index (χ0) is 18.8. The number of nitrogens with one attached hydrogen (secondary N) is 1. The zero-order valence-electron chi connectivity index (χ0n) is 16.0. The Balaban J connectivity index is 1.89. The number of nitrogens with two attached hydrogens (primary N) is 1. The molecule has 1 aliphatic heterocycles. The van der Waals surface area contributed by atoms with Gasteiger partial charge in [0.2, 0.25) is 0 Å². The topological polar surface area (TPSA) is 41.3 Å². The average Bonchev–Trinajstić information content (AvgIpc) is 3.17. The molecule has 5 heteroatoms. The van der Waals surface area contributed by atoms with Crippen LogP contribution in [-0.2, 0) is 13.0 Å². The van der Waals surface area contributed by atoms with Crippen LogP contribution in [0.3, 0.4) is 0 Å². The molecule has 3 N–H and O–H groups in total. The Morgan fingerprint density at radius 3 is 2.77 bits per heavy atom. The SMILES string of the molecule is C=C(Nc1sc2c(c1C(=C)CSC)CCN(C(C)C)C2)C1=CC=C(N)C1. The minimum Gasteiger partial charge on any atom is -0.402 e. The largest absolute Gasteiger partial charge is 0.402 e. The van der Waals surface area contributed by atoms with Crippen molar-refractivity contribution in [3.63, 3.8) is 0 Å². The molecule has 3 rings (SSSR count). The number of allylic oxidation sites excluding steroid dienone is 4. The van der Waals surface area contributed by atoms with Crippen molar-refractivity contribution >= 4 is 33.7 Å². The van der Waals surface area contributed by atoms with Crippen LogP contribution in [0.1, 0.15) is 36.3 Å². The summed E-state index contributed by atoms with van der Waals surface area (Å²) in [6.45, 7) is 15.3. The second-order valence-corrected chi connectivity index (χ2v) is 9.24. The van der Waals surface area contributed by atoms with Crippen LogP contribution in [0.2, 0.25) is 0 Å². The van der Waals surface area contributed by atoms with Crippen LogP contribution in [-0.4, -0.2) is 29.5 Å². The summed E-state index contributed by atoms with van der Waals surface area (Å²) in [6.07, 6.45) is 8.04. The highest BCUT2D eigenvalue weighted by Crippen LogP contribution is 2.42. The van der Waals surface area contributed by atoms with Gasteiger partial charge in [0.05, 0.1) is 0 Å². The number of nitrogens with zero attached hydrogens (tertiary/aromatic N) is 1. The van der Waals surface area contributed by atoms with Crippen molar-refractivity contribution in [3.8, 4) is 0 Å². The lowest BCUT2D eigenvalue weighted by Crippen LogP contribution is -2.35. The van der Waals surface area contributed by atoms with Crippen molar-refractivity contribution < 1.29 is 0 Å². The van der Waals surface area contributed by atoms with Crippen LogP contribution in [0, 0.1) is 0 Å². The molecular formula is C21H29N3S2. The quantitative estimate of drug-likeness (QED) is 0.692. The third-order valence-electron chi connectivity index (χ3n) is 5.03. The molecule has 140 valence electrons. The number of thioether (sulfide) groups is 1. The number of hydrogen-bond acceptors (Lipinski definition) is 5. The van der Waals surface area contributed by atoms with E-state index in [0.717, 1.165) is 43.1 Å². The summed E-state index contributed by atoms with van der Waals surface area (Å²) in [7, 11) is 0. The molecule has 0 aromatic carbocycles. The second kappa shape index (κ2) is 8.07. The van der Waals surface area contributed by atoms with E-state index in [2.05, 4.69) is 49.6 Å². The maximum atomic E-state index is 5.92. The highest BCUT2D eigenvalue weighted by Gasteiger charge is 2.27. The molecule has 2 aliphatic rings. The van der Waals surface area contributed by atoms with Crippen molar-refractivity contribution in [1.29, 1.82) is 0 Å². The van der Waals surface area contributed by atoms with Crippen molar-refractivity contribution in [2.75, 3.05) is 23.9 Å². The standard InChI is InChI=1S/C21H29N3S2/c1-13(2)24-9-8-18-19(11-24)26-21(20(18)14(3)12-25-5)23-15(4)16-6-7-17(22)10-16/h6-7,13,23H,3-4,8-12,22H2,1-2,5H3. The highest BCUT2D eigenvalue weighted by atomic mass is 32.2. The summed E-state index contributed by atoms with van der Waals surface area (Å²) >= 11 is 3.69. The van der Waals surface area contributed by atoms with Crippen molar-refractivity contribution in [2.24, 2.45) is 5.73 Å². The first-order chi connectivity index (χ1) is 12.4. The summed E-state index contributed by atoms with van der Waals surface area (Å²) in [6, 6.07) is 0.576. The molecule has 0 saturated heterocycles. The van der Waals surface area contributed by atoms with E-state index in [0.29, 0.717) is 6.04 Å². The Hall–Kier alpha value is -1.43. The number of hydrogen-bond donors (Lipinski definition) is 2. The molecule has 0 fully saturated rings. The van der Waals surface area contributed by atoms with Gasteiger partial charge in [-0.05, 0) is 49.3 Å². The summed E-state index contributed by atoms with van der Waals surface area (Å²) in [4.78, 5) is 4.01. The number of anilines is 1. The molecule has 0 bridgehead atoms. The molecule has 3 nitrogen and oxygen atoms in total. The maximum Gasteiger partial charge on any atom is 0.101 e. The van der Waals surface area contributed by atoms with Gasteiger partial charge in [0, 0.05) is 53.1 Å². The van der Waals surface area contributed by atoms with Gasteiger partial charge in [0.15, 0.2) is 0 Å².